The molecule has 0 aliphatic heterocycles. The number of hydrogen-bond acceptors (Lipinski definition) is 6. The fourth-order valence-electron chi connectivity index (χ4n) is 2.45. The molecule has 1 amide bonds. The molecule has 0 unspecified atom stereocenters. The minimum Gasteiger partial charge on any atom is -0.465 e. The number of nitrogens with zero attached hydrogens (tertiary/aromatic N) is 4. The van der Waals surface area contributed by atoms with Crippen LogP contribution in [-0.2, 0) is 22.5 Å². The standard InChI is InChI=1S/C19H19N5O3/c1-3-13-4-6-14(7-5-13)18-21-23-24(22-18)12-17(25)20-16-10-8-15(9-11-16)19(26)27-2/h4-11H,3,12H2,1-2H3,(H,20,25). The van der Waals surface area contributed by atoms with Crippen LogP contribution in [0.3, 0.4) is 0 Å². The van der Waals surface area contributed by atoms with E-state index in [1.165, 1.54) is 17.5 Å². The second-order valence-electron chi connectivity index (χ2n) is 5.81. The summed E-state index contributed by atoms with van der Waals surface area (Å²) in [5, 5.41) is 14.9. The van der Waals surface area contributed by atoms with Gasteiger partial charge in [0.1, 0.15) is 6.54 Å². The van der Waals surface area contributed by atoms with Crippen LogP contribution in [0.5, 0.6) is 0 Å². The number of esters is 1. The van der Waals surface area contributed by atoms with Crippen molar-refractivity contribution in [1.82, 2.24) is 20.2 Å². The van der Waals surface area contributed by atoms with Gasteiger partial charge in [-0.3, -0.25) is 4.79 Å². The van der Waals surface area contributed by atoms with Gasteiger partial charge < -0.3 is 10.1 Å². The Bertz CT molecular complexity index is 933. The van der Waals surface area contributed by atoms with Gasteiger partial charge in [-0.2, -0.15) is 4.80 Å². The lowest BCUT2D eigenvalue weighted by Crippen LogP contribution is -2.20. The van der Waals surface area contributed by atoms with Crippen molar-refractivity contribution in [2.75, 3.05) is 12.4 Å². The molecule has 138 valence electrons. The summed E-state index contributed by atoms with van der Waals surface area (Å²) in [5.41, 5.74) is 3.04. The van der Waals surface area contributed by atoms with Crippen molar-refractivity contribution in [2.24, 2.45) is 0 Å². The highest BCUT2D eigenvalue weighted by Crippen LogP contribution is 2.15. The average molecular weight is 365 g/mol. The molecule has 0 spiro atoms. The van der Waals surface area contributed by atoms with Gasteiger partial charge in [-0.1, -0.05) is 31.2 Å². The number of carbonyl (C=O) groups excluding carboxylic acids is 2. The second-order valence-corrected chi connectivity index (χ2v) is 5.81. The molecule has 0 saturated carbocycles. The third-order valence-electron chi connectivity index (χ3n) is 3.95. The Balaban J connectivity index is 1.61. The highest BCUT2D eigenvalue weighted by atomic mass is 16.5. The zero-order valence-electron chi connectivity index (χ0n) is 15.0. The zero-order valence-corrected chi connectivity index (χ0v) is 15.0. The maximum Gasteiger partial charge on any atom is 0.337 e. The molecule has 1 N–H and O–H groups in total. The molecule has 0 bridgehead atoms. The third-order valence-corrected chi connectivity index (χ3v) is 3.95. The molecule has 0 atom stereocenters. The molecular weight excluding hydrogens is 346 g/mol. The number of aryl methyl sites for hydroxylation is 1. The van der Waals surface area contributed by atoms with Gasteiger partial charge in [0, 0.05) is 11.3 Å². The average Bonchev–Trinajstić information content (AvgIpc) is 3.16. The molecule has 0 aliphatic rings. The molecule has 1 heterocycles. The summed E-state index contributed by atoms with van der Waals surface area (Å²) < 4.78 is 4.63. The van der Waals surface area contributed by atoms with Crippen molar-refractivity contribution in [3.8, 4) is 11.4 Å². The minimum atomic E-state index is -0.431. The van der Waals surface area contributed by atoms with Crippen LogP contribution in [-0.4, -0.2) is 39.2 Å². The highest BCUT2D eigenvalue weighted by molar-refractivity contribution is 5.92. The summed E-state index contributed by atoms with van der Waals surface area (Å²) >= 11 is 0. The van der Waals surface area contributed by atoms with E-state index in [2.05, 4.69) is 32.4 Å². The second kappa shape index (κ2) is 8.22. The lowest BCUT2D eigenvalue weighted by atomic mass is 10.1. The number of nitrogens with one attached hydrogen (secondary N) is 1. The van der Waals surface area contributed by atoms with Crippen molar-refractivity contribution in [3.05, 3.63) is 59.7 Å². The minimum absolute atomic E-state index is 0.0706. The summed E-state index contributed by atoms with van der Waals surface area (Å²) in [5.74, 6) is -0.266. The molecule has 0 fully saturated rings. The fraction of sp³-hybridized carbons (Fsp3) is 0.211. The Morgan fingerprint density at radius 3 is 2.41 bits per heavy atom. The SMILES string of the molecule is CCc1ccc(-c2nnn(CC(=O)Nc3ccc(C(=O)OC)cc3)n2)cc1. The van der Waals surface area contributed by atoms with Crippen molar-refractivity contribution < 1.29 is 14.3 Å². The normalized spacial score (nSPS) is 10.4. The van der Waals surface area contributed by atoms with E-state index in [-0.39, 0.29) is 12.5 Å². The van der Waals surface area contributed by atoms with E-state index >= 15 is 0 Å². The van der Waals surface area contributed by atoms with E-state index in [0.717, 1.165) is 12.0 Å². The summed E-state index contributed by atoms with van der Waals surface area (Å²) in [4.78, 5) is 24.8. The Labute approximate surface area is 156 Å². The number of benzene rings is 2. The van der Waals surface area contributed by atoms with Crippen LogP contribution < -0.4 is 5.32 Å². The molecule has 0 radical (unpaired) electrons. The number of hydrogen-bond donors (Lipinski definition) is 1. The Hall–Kier alpha value is -3.55. The molecule has 0 aliphatic carbocycles. The molecule has 8 nitrogen and oxygen atoms in total. The van der Waals surface area contributed by atoms with Gasteiger partial charge in [0.05, 0.1) is 12.7 Å². The number of anilines is 1. The fourth-order valence-corrected chi connectivity index (χ4v) is 2.45. The number of rotatable bonds is 6. The Morgan fingerprint density at radius 1 is 1.07 bits per heavy atom. The third kappa shape index (κ3) is 4.55. The number of carbonyl (C=O) groups is 2. The maximum absolute atomic E-state index is 12.2. The molecule has 0 saturated heterocycles. The quantitative estimate of drug-likeness (QED) is 0.673. The first kappa shape index (κ1) is 18.2. The Kier molecular flexibility index (Phi) is 5.55. The van der Waals surface area contributed by atoms with Crippen molar-refractivity contribution >= 4 is 17.6 Å². The predicted octanol–water partition coefficient (Wildman–Crippen LogP) is 2.33. The first-order valence-electron chi connectivity index (χ1n) is 8.44. The molecule has 27 heavy (non-hydrogen) atoms. The zero-order chi connectivity index (χ0) is 19.2. The molecule has 1 aromatic heterocycles. The smallest absolute Gasteiger partial charge is 0.337 e. The number of tetrazole rings is 1. The van der Waals surface area contributed by atoms with Crippen LogP contribution in [0.15, 0.2) is 48.5 Å². The lowest BCUT2D eigenvalue weighted by Gasteiger charge is -2.05. The van der Waals surface area contributed by atoms with Gasteiger partial charge in [-0.05, 0) is 41.5 Å². The van der Waals surface area contributed by atoms with E-state index < -0.39 is 5.97 Å². The van der Waals surface area contributed by atoms with E-state index in [9.17, 15) is 9.59 Å². The maximum atomic E-state index is 12.2. The molecule has 8 heteroatoms. The summed E-state index contributed by atoms with van der Waals surface area (Å²) in [6, 6.07) is 14.3. The predicted molar refractivity (Wildman–Crippen MR) is 99.0 cm³/mol. The van der Waals surface area contributed by atoms with Crippen molar-refractivity contribution in [1.29, 1.82) is 0 Å². The Morgan fingerprint density at radius 2 is 1.78 bits per heavy atom. The van der Waals surface area contributed by atoms with E-state index in [1.807, 2.05) is 24.3 Å². The highest BCUT2D eigenvalue weighted by Gasteiger charge is 2.10. The molecule has 3 aromatic rings. The lowest BCUT2D eigenvalue weighted by molar-refractivity contribution is -0.117. The van der Waals surface area contributed by atoms with Gasteiger partial charge in [0.2, 0.25) is 11.7 Å². The van der Waals surface area contributed by atoms with Gasteiger partial charge >= 0.3 is 5.97 Å². The van der Waals surface area contributed by atoms with Crippen LogP contribution in [0.1, 0.15) is 22.8 Å². The molecule has 2 aromatic carbocycles. The van der Waals surface area contributed by atoms with Gasteiger partial charge in [-0.15, -0.1) is 10.2 Å². The van der Waals surface area contributed by atoms with Crippen molar-refractivity contribution in [2.45, 2.75) is 19.9 Å². The van der Waals surface area contributed by atoms with Gasteiger partial charge in [-0.25, -0.2) is 4.79 Å². The van der Waals surface area contributed by atoms with Crippen LogP contribution in [0.4, 0.5) is 5.69 Å². The van der Waals surface area contributed by atoms with Crippen LogP contribution in [0, 0.1) is 0 Å². The van der Waals surface area contributed by atoms with E-state index in [4.69, 9.17) is 0 Å². The van der Waals surface area contributed by atoms with E-state index in [1.54, 1.807) is 24.3 Å². The van der Waals surface area contributed by atoms with Crippen LogP contribution in [0.25, 0.3) is 11.4 Å². The van der Waals surface area contributed by atoms with Crippen LogP contribution in [0.2, 0.25) is 0 Å². The van der Waals surface area contributed by atoms with Crippen LogP contribution >= 0.6 is 0 Å². The number of aromatic nitrogens is 4. The number of ether oxygens (including phenoxy) is 1. The number of methoxy groups -OCH3 is 1. The summed E-state index contributed by atoms with van der Waals surface area (Å²) in [7, 11) is 1.32. The van der Waals surface area contributed by atoms with Crippen molar-refractivity contribution in [3.63, 3.8) is 0 Å². The summed E-state index contributed by atoms with van der Waals surface area (Å²) in [6.07, 6.45) is 0.960. The topological polar surface area (TPSA) is 99.0 Å². The molecular formula is C19H19N5O3. The largest absolute Gasteiger partial charge is 0.465 e. The monoisotopic (exact) mass is 365 g/mol. The van der Waals surface area contributed by atoms with Gasteiger partial charge in [0.15, 0.2) is 0 Å². The van der Waals surface area contributed by atoms with Gasteiger partial charge in [0.25, 0.3) is 0 Å². The summed E-state index contributed by atoms with van der Waals surface area (Å²) in [6.45, 7) is 2.02. The molecule has 3 rings (SSSR count). The van der Waals surface area contributed by atoms with E-state index in [0.29, 0.717) is 17.1 Å². The first-order valence-corrected chi connectivity index (χ1v) is 8.44. The number of amides is 1. The first-order chi connectivity index (χ1) is 13.1.